The molecule has 2 aromatic rings. The van der Waals surface area contributed by atoms with Crippen molar-refractivity contribution in [3.8, 4) is 5.75 Å². The van der Waals surface area contributed by atoms with Gasteiger partial charge < -0.3 is 10.5 Å². The van der Waals surface area contributed by atoms with Gasteiger partial charge >= 0.3 is 0 Å². The lowest BCUT2D eigenvalue weighted by atomic mass is 10.0. The Hall–Kier alpha value is -1.61. The quantitative estimate of drug-likeness (QED) is 0.758. The van der Waals surface area contributed by atoms with Crippen molar-refractivity contribution in [2.75, 3.05) is 5.73 Å². The SMILES string of the molecule is CC(C)Oc1cc(Sc2ccc(C(C)C)cc2)ccc1N. The van der Waals surface area contributed by atoms with Gasteiger partial charge in [0.05, 0.1) is 11.8 Å². The van der Waals surface area contributed by atoms with E-state index in [1.54, 1.807) is 11.8 Å². The number of hydrogen-bond donors (Lipinski definition) is 1. The van der Waals surface area contributed by atoms with Gasteiger partial charge in [0.15, 0.2) is 0 Å². The fourth-order valence-electron chi connectivity index (χ4n) is 1.99. The summed E-state index contributed by atoms with van der Waals surface area (Å²) in [6.07, 6.45) is 0.123. The summed E-state index contributed by atoms with van der Waals surface area (Å²) >= 11 is 1.72. The fraction of sp³-hybridized carbons (Fsp3) is 0.333. The lowest BCUT2D eigenvalue weighted by Gasteiger charge is -2.13. The minimum atomic E-state index is 0.123. The number of nitrogens with two attached hydrogens (primary N) is 1. The van der Waals surface area contributed by atoms with E-state index in [0.29, 0.717) is 11.6 Å². The first kappa shape index (κ1) is 15.8. The van der Waals surface area contributed by atoms with E-state index < -0.39 is 0 Å². The van der Waals surface area contributed by atoms with E-state index in [1.165, 1.54) is 10.5 Å². The molecule has 0 aromatic heterocycles. The Morgan fingerprint density at radius 2 is 1.52 bits per heavy atom. The number of rotatable bonds is 5. The molecule has 2 nitrogen and oxygen atoms in total. The topological polar surface area (TPSA) is 35.2 Å². The lowest BCUT2D eigenvalue weighted by Crippen LogP contribution is -2.07. The van der Waals surface area contributed by atoms with Gasteiger partial charge in [-0.05, 0) is 55.7 Å². The number of hydrogen-bond acceptors (Lipinski definition) is 3. The molecular weight excluding hydrogens is 278 g/mol. The Balaban J connectivity index is 2.15. The third-order valence-electron chi connectivity index (χ3n) is 3.13. The minimum Gasteiger partial charge on any atom is -0.489 e. The van der Waals surface area contributed by atoms with Crippen LogP contribution in [0, 0.1) is 0 Å². The molecule has 2 N–H and O–H groups in total. The summed E-state index contributed by atoms with van der Waals surface area (Å²) in [6, 6.07) is 14.7. The van der Waals surface area contributed by atoms with E-state index in [1.807, 2.05) is 32.0 Å². The van der Waals surface area contributed by atoms with Crippen LogP contribution in [0.4, 0.5) is 5.69 Å². The highest BCUT2D eigenvalue weighted by molar-refractivity contribution is 7.99. The zero-order chi connectivity index (χ0) is 15.4. The van der Waals surface area contributed by atoms with Crippen LogP contribution in [0.1, 0.15) is 39.2 Å². The second kappa shape index (κ2) is 6.90. The van der Waals surface area contributed by atoms with Crippen LogP contribution in [0.25, 0.3) is 0 Å². The van der Waals surface area contributed by atoms with Crippen LogP contribution in [0.15, 0.2) is 52.3 Å². The predicted octanol–water partition coefficient (Wildman–Crippen LogP) is 5.33. The molecule has 0 amide bonds. The third kappa shape index (κ3) is 4.43. The van der Waals surface area contributed by atoms with Crippen LogP contribution in [0.2, 0.25) is 0 Å². The van der Waals surface area contributed by atoms with E-state index in [2.05, 4.69) is 38.1 Å². The van der Waals surface area contributed by atoms with Gasteiger partial charge in [-0.25, -0.2) is 0 Å². The predicted molar refractivity (Wildman–Crippen MR) is 91.3 cm³/mol. The van der Waals surface area contributed by atoms with Crippen LogP contribution in [-0.4, -0.2) is 6.10 Å². The van der Waals surface area contributed by atoms with Crippen LogP contribution in [0.3, 0.4) is 0 Å². The van der Waals surface area contributed by atoms with Crippen LogP contribution < -0.4 is 10.5 Å². The summed E-state index contributed by atoms with van der Waals surface area (Å²) in [4.78, 5) is 2.36. The van der Waals surface area contributed by atoms with Gasteiger partial charge in [-0.15, -0.1) is 0 Å². The van der Waals surface area contributed by atoms with Crippen molar-refractivity contribution < 1.29 is 4.74 Å². The monoisotopic (exact) mass is 301 g/mol. The molecule has 21 heavy (non-hydrogen) atoms. The highest BCUT2D eigenvalue weighted by Gasteiger charge is 2.06. The van der Waals surface area contributed by atoms with Crippen LogP contribution >= 0.6 is 11.8 Å². The maximum atomic E-state index is 5.95. The lowest BCUT2D eigenvalue weighted by molar-refractivity contribution is 0.243. The van der Waals surface area contributed by atoms with Crippen molar-refractivity contribution in [1.29, 1.82) is 0 Å². The minimum absolute atomic E-state index is 0.123. The van der Waals surface area contributed by atoms with E-state index >= 15 is 0 Å². The summed E-state index contributed by atoms with van der Waals surface area (Å²) in [5, 5.41) is 0. The molecule has 112 valence electrons. The summed E-state index contributed by atoms with van der Waals surface area (Å²) in [6.45, 7) is 8.42. The Kier molecular flexibility index (Phi) is 5.18. The summed E-state index contributed by atoms with van der Waals surface area (Å²) in [5.74, 6) is 1.32. The molecule has 0 radical (unpaired) electrons. The molecule has 0 aliphatic carbocycles. The first-order valence-corrected chi connectivity index (χ1v) is 8.11. The maximum absolute atomic E-state index is 5.95. The van der Waals surface area contributed by atoms with Crippen molar-refractivity contribution >= 4 is 17.4 Å². The first-order valence-electron chi connectivity index (χ1n) is 7.29. The molecule has 2 aromatic carbocycles. The molecule has 0 heterocycles. The van der Waals surface area contributed by atoms with Crippen molar-refractivity contribution in [1.82, 2.24) is 0 Å². The van der Waals surface area contributed by atoms with E-state index in [4.69, 9.17) is 10.5 Å². The normalized spacial score (nSPS) is 11.1. The molecule has 0 saturated heterocycles. The van der Waals surface area contributed by atoms with Gasteiger partial charge in [-0.3, -0.25) is 0 Å². The van der Waals surface area contributed by atoms with Crippen molar-refractivity contribution in [2.24, 2.45) is 0 Å². The third-order valence-corrected chi connectivity index (χ3v) is 4.13. The number of benzene rings is 2. The molecular formula is C18H23NOS. The van der Waals surface area contributed by atoms with E-state index in [-0.39, 0.29) is 6.10 Å². The smallest absolute Gasteiger partial charge is 0.143 e. The second-order valence-electron chi connectivity index (χ2n) is 5.69. The van der Waals surface area contributed by atoms with Gasteiger partial charge in [0.2, 0.25) is 0 Å². The molecule has 0 aliphatic heterocycles. The second-order valence-corrected chi connectivity index (χ2v) is 6.84. The zero-order valence-electron chi connectivity index (χ0n) is 13.1. The number of anilines is 1. The molecule has 0 spiro atoms. The molecule has 2 rings (SSSR count). The molecule has 0 bridgehead atoms. The Labute approximate surface area is 131 Å². The molecule has 0 saturated carbocycles. The number of ether oxygens (including phenoxy) is 1. The molecule has 0 aliphatic rings. The van der Waals surface area contributed by atoms with Crippen LogP contribution in [0.5, 0.6) is 5.75 Å². The highest BCUT2D eigenvalue weighted by atomic mass is 32.2. The van der Waals surface area contributed by atoms with Crippen molar-refractivity contribution in [3.63, 3.8) is 0 Å². The van der Waals surface area contributed by atoms with Gasteiger partial charge in [0, 0.05) is 9.79 Å². The average Bonchev–Trinajstić information content (AvgIpc) is 2.42. The van der Waals surface area contributed by atoms with Crippen molar-refractivity contribution in [3.05, 3.63) is 48.0 Å². The van der Waals surface area contributed by atoms with Gasteiger partial charge in [-0.2, -0.15) is 0 Å². The number of nitrogen functional groups attached to an aromatic ring is 1. The van der Waals surface area contributed by atoms with Gasteiger partial charge in [-0.1, -0.05) is 37.7 Å². The van der Waals surface area contributed by atoms with E-state index in [9.17, 15) is 0 Å². The fourth-order valence-corrected chi connectivity index (χ4v) is 2.84. The van der Waals surface area contributed by atoms with Crippen LogP contribution in [-0.2, 0) is 0 Å². The average molecular weight is 301 g/mol. The van der Waals surface area contributed by atoms with Gasteiger partial charge in [0.1, 0.15) is 5.75 Å². The van der Waals surface area contributed by atoms with Crippen molar-refractivity contribution in [2.45, 2.75) is 49.5 Å². The molecule has 0 unspecified atom stereocenters. The first-order chi connectivity index (χ1) is 9.95. The Morgan fingerprint density at radius 3 is 2.10 bits per heavy atom. The highest BCUT2D eigenvalue weighted by Crippen LogP contribution is 2.34. The molecule has 3 heteroatoms. The Bertz CT molecular complexity index is 591. The molecule has 0 fully saturated rings. The summed E-state index contributed by atoms with van der Waals surface area (Å²) in [5.41, 5.74) is 8.00. The van der Waals surface area contributed by atoms with Gasteiger partial charge in [0.25, 0.3) is 0 Å². The summed E-state index contributed by atoms with van der Waals surface area (Å²) < 4.78 is 5.74. The molecule has 0 atom stereocenters. The maximum Gasteiger partial charge on any atom is 0.143 e. The zero-order valence-corrected chi connectivity index (χ0v) is 13.9. The largest absolute Gasteiger partial charge is 0.489 e. The Morgan fingerprint density at radius 1 is 0.905 bits per heavy atom. The standard InChI is InChI=1S/C18H23NOS/c1-12(2)14-5-7-15(8-6-14)21-16-9-10-17(19)18(11-16)20-13(3)4/h5-13H,19H2,1-4H3. The summed E-state index contributed by atoms with van der Waals surface area (Å²) in [7, 11) is 0. The van der Waals surface area contributed by atoms with E-state index in [0.717, 1.165) is 10.6 Å².